The Kier molecular flexibility index (Phi) is 9.36. The molecule has 0 aliphatic heterocycles. The van der Waals surface area contributed by atoms with E-state index < -0.39 is 0 Å². The maximum Gasteiger partial charge on any atom is 0.133 e. The van der Waals surface area contributed by atoms with E-state index in [0.29, 0.717) is 33.0 Å². The number of rotatable bonds is 12. The zero-order valence-electron chi connectivity index (χ0n) is 11.9. The molecule has 1 rings (SSSR count). The van der Waals surface area contributed by atoms with Gasteiger partial charge in [0.15, 0.2) is 0 Å². The first-order valence-electron chi connectivity index (χ1n) is 6.78. The summed E-state index contributed by atoms with van der Waals surface area (Å²) in [4.78, 5) is 0. The summed E-state index contributed by atoms with van der Waals surface area (Å²) in [5.41, 5.74) is 1.16. The van der Waals surface area contributed by atoms with Gasteiger partial charge in [-0.05, 0) is 19.0 Å². The van der Waals surface area contributed by atoms with Gasteiger partial charge >= 0.3 is 0 Å². The summed E-state index contributed by atoms with van der Waals surface area (Å²) < 4.78 is 21.1. The lowest BCUT2D eigenvalue weighted by molar-refractivity contribution is 0.0159. The zero-order valence-corrected chi connectivity index (χ0v) is 11.9. The van der Waals surface area contributed by atoms with Crippen LogP contribution in [0.5, 0.6) is 0 Å². The Balaban J connectivity index is 2.10. The van der Waals surface area contributed by atoms with E-state index >= 15 is 0 Å². The standard InChI is InChI=1S/C14H25NO4/c1-3-5-15-11-13-4-6-19-14(13)12-18-10-9-17-8-7-16-2/h4,6,15H,3,5,7-12H2,1-2H3. The molecule has 5 nitrogen and oxygen atoms in total. The van der Waals surface area contributed by atoms with Crippen LogP contribution in [0.1, 0.15) is 24.7 Å². The second-order valence-corrected chi connectivity index (χ2v) is 4.20. The molecular weight excluding hydrogens is 246 g/mol. The van der Waals surface area contributed by atoms with Crippen LogP contribution in [0, 0.1) is 0 Å². The van der Waals surface area contributed by atoms with Crippen LogP contribution in [0.25, 0.3) is 0 Å². The fourth-order valence-corrected chi connectivity index (χ4v) is 1.58. The summed E-state index contributed by atoms with van der Waals surface area (Å²) in [7, 11) is 1.66. The Morgan fingerprint density at radius 1 is 1.16 bits per heavy atom. The van der Waals surface area contributed by atoms with E-state index in [1.54, 1.807) is 13.4 Å². The summed E-state index contributed by atoms with van der Waals surface area (Å²) in [5.74, 6) is 0.889. The lowest BCUT2D eigenvalue weighted by Gasteiger charge is -2.06. The van der Waals surface area contributed by atoms with Crippen molar-refractivity contribution in [1.82, 2.24) is 5.32 Å². The summed E-state index contributed by atoms with van der Waals surface area (Å²) in [6, 6.07) is 1.98. The maximum atomic E-state index is 5.52. The van der Waals surface area contributed by atoms with E-state index in [0.717, 1.165) is 30.8 Å². The van der Waals surface area contributed by atoms with E-state index in [1.807, 2.05) is 6.07 Å². The van der Waals surface area contributed by atoms with Gasteiger partial charge in [0.1, 0.15) is 12.4 Å². The molecule has 1 aromatic heterocycles. The van der Waals surface area contributed by atoms with Crippen molar-refractivity contribution < 1.29 is 18.6 Å². The first-order valence-corrected chi connectivity index (χ1v) is 6.78. The van der Waals surface area contributed by atoms with Gasteiger partial charge in [-0.15, -0.1) is 0 Å². The number of ether oxygens (including phenoxy) is 3. The molecule has 0 fully saturated rings. The summed E-state index contributed by atoms with van der Waals surface area (Å²) in [5, 5.41) is 3.35. The third-order valence-electron chi connectivity index (χ3n) is 2.62. The Labute approximate surface area is 115 Å². The van der Waals surface area contributed by atoms with Crippen molar-refractivity contribution in [1.29, 1.82) is 0 Å². The molecule has 0 saturated carbocycles. The second kappa shape index (κ2) is 11.0. The quantitative estimate of drug-likeness (QED) is 0.589. The predicted molar refractivity (Wildman–Crippen MR) is 73.1 cm³/mol. The third-order valence-corrected chi connectivity index (χ3v) is 2.62. The average molecular weight is 271 g/mol. The number of furan rings is 1. The molecule has 0 saturated heterocycles. The van der Waals surface area contributed by atoms with Gasteiger partial charge in [-0.3, -0.25) is 0 Å². The van der Waals surface area contributed by atoms with Crippen LogP contribution in [-0.4, -0.2) is 40.1 Å². The van der Waals surface area contributed by atoms with Crippen molar-refractivity contribution in [3.63, 3.8) is 0 Å². The van der Waals surface area contributed by atoms with E-state index in [9.17, 15) is 0 Å². The van der Waals surface area contributed by atoms with Crippen LogP contribution in [0.4, 0.5) is 0 Å². The SMILES string of the molecule is CCCNCc1ccoc1COCCOCCOC. The van der Waals surface area contributed by atoms with Crippen molar-refractivity contribution in [3.05, 3.63) is 23.7 Å². The van der Waals surface area contributed by atoms with Crippen molar-refractivity contribution in [2.24, 2.45) is 0 Å². The zero-order chi connectivity index (χ0) is 13.8. The number of nitrogens with one attached hydrogen (secondary N) is 1. The van der Waals surface area contributed by atoms with Crippen LogP contribution in [0.2, 0.25) is 0 Å². The van der Waals surface area contributed by atoms with E-state index in [4.69, 9.17) is 18.6 Å². The number of hydrogen-bond donors (Lipinski definition) is 1. The highest BCUT2D eigenvalue weighted by molar-refractivity contribution is 5.16. The molecular formula is C14H25NO4. The Morgan fingerprint density at radius 3 is 2.74 bits per heavy atom. The highest BCUT2D eigenvalue weighted by Gasteiger charge is 2.05. The molecule has 19 heavy (non-hydrogen) atoms. The fraction of sp³-hybridized carbons (Fsp3) is 0.714. The molecule has 1 N–H and O–H groups in total. The highest BCUT2D eigenvalue weighted by atomic mass is 16.5. The number of hydrogen-bond acceptors (Lipinski definition) is 5. The first kappa shape index (κ1) is 16.2. The Morgan fingerprint density at radius 2 is 1.95 bits per heavy atom. The van der Waals surface area contributed by atoms with E-state index in [-0.39, 0.29) is 0 Å². The van der Waals surface area contributed by atoms with Gasteiger partial charge in [-0.2, -0.15) is 0 Å². The maximum absolute atomic E-state index is 5.52. The van der Waals surface area contributed by atoms with Crippen molar-refractivity contribution in [3.8, 4) is 0 Å². The number of methoxy groups -OCH3 is 1. The predicted octanol–water partition coefficient (Wildman–Crippen LogP) is 1.96. The first-order chi connectivity index (χ1) is 9.38. The molecule has 0 atom stereocenters. The van der Waals surface area contributed by atoms with Gasteiger partial charge in [-0.1, -0.05) is 6.92 Å². The minimum absolute atomic E-state index is 0.490. The van der Waals surface area contributed by atoms with Crippen molar-refractivity contribution in [2.75, 3.05) is 40.1 Å². The minimum Gasteiger partial charge on any atom is -0.467 e. The van der Waals surface area contributed by atoms with Gasteiger partial charge in [-0.25, -0.2) is 0 Å². The molecule has 0 bridgehead atoms. The Hall–Kier alpha value is -0.880. The van der Waals surface area contributed by atoms with Gasteiger partial charge < -0.3 is 23.9 Å². The van der Waals surface area contributed by atoms with Crippen LogP contribution < -0.4 is 5.32 Å². The topological polar surface area (TPSA) is 52.9 Å². The molecule has 1 aromatic rings. The highest BCUT2D eigenvalue weighted by Crippen LogP contribution is 2.11. The summed E-state index contributed by atoms with van der Waals surface area (Å²) in [6.45, 7) is 6.84. The lowest BCUT2D eigenvalue weighted by atomic mass is 10.2. The largest absolute Gasteiger partial charge is 0.467 e. The average Bonchev–Trinajstić information content (AvgIpc) is 2.86. The molecule has 0 radical (unpaired) electrons. The van der Waals surface area contributed by atoms with Crippen LogP contribution in [0.15, 0.2) is 16.7 Å². The molecule has 1 heterocycles. The van der Waals surface area contributed by atoms with Crippen LogP contribution in [0.3, 0.4) is 0 Å². The minimum atomic E-state index is 0.490. The van der Waals surface area contributed by atoms with Gasteiger partial charge in [0.05, 0.1) is 32.7 Å². The third kappa shape index (κ3) is 7.32. The van der Waals surface area contributed by atoms with Crippen LogP contribution >= 0.6 is 0 Å². The summed E-state index contributed by atoms with van der Waals surface area (Å²) >= 11 is 0. The Bertz CT molecular complexity index is 314. The molecule has 0 aliphatic rings. The fourth-order valence-electron chi connectivity index (χ4n) is 1.58. The molecule has 0 spiro atoms. The van der Waals surface area contributed by atoms with Crippen LogP contribution in [-0.2, 0) is 27.4 Å². The van der Waals surface area contributed by atoms with Gasteiger partial charge in [0, 0.05) is 19.2 Å². The van der Waals surface area contributed by atoms with E-state index in [2.05, 4.69) is 12.2 Å². The molecule has 110 valence electrons. The second-order valence-electron chi connectivity index (χ2n) is 4.20. The molecule has 0 aromatic carbocycles. The molecule has 0 aliphatic carbocycles. The summed E-state index contributed by atoms with van der Waals surface area (Å²) in [6.07, 6.45) is 2.83. The van der Waals surface area contributed by atoms with Crippen molar-refractivity contribution in [2.45, 2.75) is 26.5 Å². The van der Waals surface area contributed by atoms with Crippen molar-refractivity contribution >= 4 is 0 Å². The van der Waals surface area contributed by atoms with E-state index in [1.165, 1.54) is 0 Å². The molecule has 0 amide bonds. The molecule has 5 heteroatoms. The lowest BCUT2D eigenvalue weighted by Crippen LogP contribution is -2.14. The molecule has 0 unspecified atom stereocenters. The normalized spacial score (nSPS) is 11.1. The monoisotopic (exact) mass is 271 g/mol. The smallest absolute Gasteiger partial charge is 0.133 e. The van der Waals surface area contributed by atoms with Gasteiger partial charge in [0.2, 0.25) is 0 Å². The van der Waals surface area contributed by atoms with Gasteiger partial charge in [0.25, 0.3) is 0 Å².